The highest BCUT2D eigenvalue weighted by molar-refractivity contribution is 8.01. The summed E-state index contributed by atoms with van der Waals surface area (Å²) in [4.78, 5) is 37.4. The molecule has 0 spiro atoms. The number of ether oxygens (including phenoxy) is 1. The number of benzene rings is 2. The van der Waals surface area contributed by atoms with Crippen molar-refractivity contribution in [3.63, 3.8) is 0 Å². The lowest BCUT2D eigenvalue weighted by Crippen LogP contribution is -2.50. The number of hydrogen-bond donors (Lipinski definition) is 2. The Morgan fingerprint density at radius 1 is 1.05 bits per heavy atom. The standard InChI is InChI=1S/C28H30N6O3S/c1-32-15-17-33(18-16-32)14-13-29-26(35)25-24-23-22(11-12-30-27(23)38-25)34(28(36)31-24)19-7-9-21(10-8-19)37-20-5-3-2-4-6-20/h2-12,24-25H,13-18H2,1H3,(H,29,35)(H,31,36). The zero-order chi connectivity index (χ0) is 26.1. The Hall–Kier alpha value is -3.60. The number of aromatic nitrogens is 1. The lowest BCUT2D eigenvalue weighted by molar-refractivity contribution is -0.121. The summed E-state index contributed by atoms with van der Waals surface area (Å²) < 4.78 is 5.90. The average Bonchev–Trinajstić information content (AvgIpc) is 3.31. The maximum absolute atomic E-state index is 13.4. The highest BCUT2D eigenvalue weighted by Gasteiger charge is 2.46. The smallest absolute Gasteiger partial charge is 0.327 e. The van der Waals surface area contributed by atoms with Crippen molar-refractivity contribution in [3.05, 3.63) is 72.4 Å². The second kappa shape index (κ2) is 10.6. The maximum Gasteiger partial charge on any atom is 0.327 e. The number of anilines is 2. The summed E-state index contributed by atoms with van der Waals surface area (Å²) in [6.07, 6.45) is 1.70. The molecule has 2 N–H and O–H groups in total. The van der Waals surface area contributed by atoms with E-state index in [0.717, 1.165) is 54.8 Å². The van der Waals surface area contributed by atoms with Gasteiger partial charge in [-0.15, -0.1) is 0 Å². The van der Waals surface area contributed by atoms with Crippen molar-refractivity contribution in [2.75, 3.05) is 51.2 Å². The van der Waals surface area contributed by atoms with Gasteiger partial charge in [-0.3, -0.25) is 14.6 Å². The molecule has 2 unspecified atom stereocenters. The summed E-state index contributed by atoms with van der Waals surface area (Å²) in [6, 6.07) is 18.1. The van der Waals surface area contributed by atoms with Crippen molar-refractivity contribution in [1.82, 2.24) is 25.4 Å². The van der Waals surface area contributed by atoms with Crippen molar-refractivity contribution in [3.8, 4) is 11.5 Å². The van der Waals surface area contributed by atoms with Crippen LogP contribution in [0.3, 0.4) is 0 Å². The molecule has 3 aromatic rings. The lowest BCUT2D eigenvalue weighted by atomic mass is 10.00. The lowest BCUT2D eigenvalue weighted by Gasteiger charge is -2.34. The number of nitrogens with one attached hydrogen (secondary N) is 2. The number of carbonyl (C=O) groups is 2. The van der Waals surface area contributed by atoms with E-state index in [0.29, 0.717) is 18.0 Å². The van der Waals surface area contributed by atoms with E-state index in [1.54, 1.807) is 11.1 Å². The van der Waals surface area contributed by atoms with Crippen LogP contribution in [-0.4, -0.2) is 78.3 Å². The molecule has 1 saturated heterocycles. The third-order valence-electron chi connectivity index (χ3n) is 7.16. The van der Waals surface area contributed by atoms with Crippen molar-refractivity contribution < 1.29 is 14.3 Å². The number of likely N-dealkylation sites (N-methyl/N-ethyl adjacent to an activating group) is 1. The number of para-hydroxylation sites is 1. The van der Waals surface area contributed by atoms with Crippen LogP contribution >= 0.6 is 11.8 Å². The number of amides is 3. The fraction of sp³-hybridized carbons (Fsp3) is 0.321. The third-order valence-corrected chi connectivity index (χ3v) is 8.45. The van der Waals surface area contributed by atoms with Gasteiger partial charge in [0.1, 0.15) is 21.8 Å². The van der Waals surface area contributed by atoms with Crippen molar-refractivity contribution in [1.29, 1.82) is 0 Å². The molecule has 0 bridgehead atoms. The SMILES string of the molecule is CN1CCN(CCNC(=O)C2Sc3nccc4c3C2NC(=O)N4c2ccc(Oc3ccccc3)cc2)CC1. The van der Waals surface area contributed by atoms with Crippen LogP contribution in [0.15, 0.2) is 71.9 Å². The Morgan fingerprint density at radius 2 is 1.79 bits per heavy atom. The molecule has 10 heteroatoms. The van der Waals surface area contributed by atoms with Crippen molar-refractivity contribution in [2.24, 2.45) is 0 Å². The van der Waals surface area contributed by atoms with E-state index in [1.165, 1.54) is 11.8 Å². The van der Waals surface area contributed by atoms with Gasteiger partial charge in [-0.25, -0.2) is 9.78 Å². The maximum atomic E-state index is 13.4. The molecule has 3 amide bonds. The summed E-state index contributed by atoms with van der Waals surface area (Å²) >= 11 is 1.42. The van der Waals surface area contributed by atoms with Crippen molar-refractivity contribution in [2.45, 2.75) is 16.3 Å². The molecule has 6 rings (SSSR count). The summed E-state index contributed by atoms with van der Waals surface area (Å²) in [5.41, 5.74) is 2.35. The van der Waals surface area contributed by atoms with Gasteiger partial charge in [0.05, 0.1) is 17.4 Å². The number of nitrogens with zero attached hydrogens (tertiary/aromatic N) is 4. The van der Waals surface area contributed by atoms with Gasteiger partial charge in [-0.05, 0) is 49.5 Å². The van der Waals surface area contributed by atoms with Crippen LogP contribution in [0.25, 0.3) is 0 Å². The van der Waals surface area contributed by atoms with E-state index in [9.17, 15) is 9.59 Å². The van der Waals surface area contributed by atoms with Crippen LogP contribution in [-0.2, 0) is 4.79 Å². The Morgan fingerprint density at radius 3 is 2.55 bits per heavy atom. The molecule has 4 heterocycles. The van der Waals surface area contributed by atoms with Gasteiger partial charge in [0.15, 0.2) is 0 Å². The number of thioether (sulfide) groups is 1. The zero-order valence-electron chi connectivity index (χ0n) is 21.2. The van der Waals surface area contributed by atoms with Gasteiger partial charge in [0.2, 0.25) is 5.91 Å². The largest absolute Gasteiger partial charge is 0.457 e. The Labute approximate surface area is 226 Å². The second-order valence-electron chi connectivity index (χ2n) is 9.69. The van der Waals surface area contributed by atoms with Crippen LogP contribution in [0, 0.1) is 0 Å². The first kappa shape index (κ1) is 24.7. The number of pyridine rings is 1. The minimum Gasteiger partial charge on any atom is -0.457 e. The van der Waals surface area contributed by atoms with Crippen LogP contribution < -0.4 is 20.3 Å². The highest BCUT2D eigenvalue weighted by Crippen LogP contribution is 2.50. The first-order valence-corrected chi connectivity index (χ1v) is 13.7. The predicted molar refractivity (Wildman–Crippen MR) is 147 cm³/mol. The van der Waals surface area contributed by atoms with Gasteiger partial charge in [-0.2, -0.15) is 0 Å². The molecule has 2 atom stereocenters. The monoisotopic (exact) mass is 530 g/mol. The highest BCUT2D eigenvalue weighted by atomic mass is 32.2. The molecular formula is C28H30N6O3S. The van der Waals surface area contributed by atoms with Gasteiger partial charge in [0.25, 0.3) is 0 Å². The first-order valence-electron chi connectivity index (χ1n) is 12.8. The van der Waals surface area contributed by atoms with Crippen LogP contribution in [0.2, 0.25) is 0 Å². The molecule has 1 fully saturated rings. The molecule has 196 valence electrons. The predicted octanol–water partition coefficient (Wildman–Crippen LogP) is 3.61. The molecule has 1 aromatic heterocycles. The van der Waals surface area contributed by atoms with Crippen LogP contribution in [0.1, 0.15) is 11.6 Å². The Balaban J connectivity index is 1.15. The summed E-state index contributed by atoms with van der Waals surface area (Å²) in [5, 5.41) is 6.48. The summed E-state index contributed by atoms with van der Waals surface area (Å²) in [6.45, 7) is 5.52. The number of piperazine rings is 1. The first-order chi connectivity index (χ1) is 18.6. The fourth-order valence-electron chi connectivity index (χ4n) is 5.08. The number of rotatable bonds is 7. The van der Waals surface area contributed by atoms with Crippen LogP contribution in [0.4, 0.5) is 16.2 Å². The molecule has 3 aliphatic rings. The molecule has 9 nitrogen and oxygen atoms in total. The van der Waals surface area contributed by atoms with E-state index in [1.807, 2.05) is 60.7 Å². The normalized spacial score (nSPS) is 21.1. The fourth-order valence-corrected chi connectivity index (χ4v) is 6.33. The summed E-state index contributed by atoms with van der Waals surface area (Å²) in [7, 11) is 2.13. The number of urea groups is 1. The molecule has 0 saturated carbocycles. The average molecular weight is 531 g/mol. The van der Waals surface area contributed by atoms with Gasteiger partial charge in [-0.1, -0.05) is 30.0 Å². The Bertz CT molecular complexity index is 1310. The third kappa shape index (κ3) is 4.94. The van der Waals surface area contributed by atoms with Crippen molar-refractivity contribution >= 4 is 35.1 Å². The molecular weight excluding hydrogens is 500 g/mol. The van der Waals surface area contributed by atoms with E-state index < -0.39 is 11.3 Å². The molecule has 38 heavy (non-hydrogen) atoms. The molecule has 3 aliphatic heterocycles. The molecule has 0 aliphatic carbocycles. The van der Waals surface area contributed by atoms with Gasteiger partial charge in [0, 0.05) is 51.0 Å². The van der Waals surface area contributed by atoms with Gasteiger partial charge >= 0.3 is 6.03 Å². The summed E-state index contributed by atoms with van der Waals surface area (Å²) in [5.74, 6) is 1.35. The zero-order valence-corrected chi connectivity index (χ0v) is 22.0. The topological polar surface area (TPSA) is 90.0 Å². The minimum atomic E-state index is -0.459. The van der Waals surface area contributed by atoms with Crippen LogP contribution in [0.5, 0.6) is 11.5 Å². The number of carbonyl (C=O) groups excluding carboxylic acids is 2. The minimum absolute atomic E-state index is 0.0748. The second-order valence-corrected chi connectivity index (χ2v) is 10.8. The Kier molecular flexibility index (Phi) is 6.92. The van der Waals surface area contributed by atoms with E-state index >= 15 is 0 Å². The van der Waals surface area contributed by atoms with E-state index in [4.69, 9.17) is 4.74 Å². The molecule has 2 aromatic carbocycles. The molecule has 0 radical (unpaired) electrons. The van der Waals surface area contributed by atoms with Gasteiger partial charge < -0.3 is 20.3 Å². The van der Waals surface area contributed by atoms with E-state index in [2.05, 4.69) is 32.5 Å². The number of hydrogen-bond acceptors (Lipinski definition) is 7. The quantitative estimate of drug-likeness (QED) is 0.482. The van der Waals surface area contributed by atoms with E-state index in [-0.39, 0.29) is 11.9 Å².